The molecule has 1 aliphatic heterocycles. The molecule has 1 saturated heterocycles. The van der Waals surface area contributed by atoms with E-state index in [0.29, 0.717) is 18.9 Å². The van der Waals surface area contributed by atoms with E-state index in [1.165, 1.54) is 0 Å². The lowest BCUT2D eigenvalue weighted by molar-refractivity contribution is -0.116. The van der Waals surface area contributed by atoms with Gasteiger partial charge >= 0.3 is 0 Å². The van der Waals surface area contributed by atoms with Crippen molar-refractivity contribution in [3.63, 3.8) is 0 Å². The van der Waals surface area contributed by atoms with E-state index in [9.17, 15) is 4.79 Å². The van der Waals surface area contributed by atoms with Gasteiger partial charge in [0.1, 0.15) is 0 Å². The zero-order chi connectivity index (χ0) is 18.1. The molecule has 1 heterocycles. The topological polar surface area (TPSA) is 66.0 Å². The van der Waals surface area contributed by atoms with E-state index in [2.05, 4.69) is 43.4 Å². The lowest BCUT2D eigenvalue weighted by Gasteiger charge is -2.21. The van der Waals surface area contributed by atoms with Crippen molar-refractivity contribution >= 4 is 57.5 Å². The SMILES string of the molecule is CCNC(=NCCC(=O)Nc1ccc(Br)cc1)N1CCC(COC)C1.I. The van der Waals surface area contributed by atoms with Crippen LogP contribution in [0.1, 0.15) is 19.8 Å². The van der Waals surface area contributed by atoms with Crippen LogP contribution in [0.15, 0.2) is 33.7 Å². The number of hydrogen-bond donors (Lipinski definition) is 2. The highest BCUT2D eigenvalue weighted by molar-refractivity contribution is 14.0. The highest BCUT2D eigenvalue weighted by Crippen LogP contribution is 2.16. The van der Waals surface area contributed by atoms with E-state index >= 15 is 0 Å². The molecule has 1 amide bonds. The Morgan fingerprint density at radius 2 is 2.12 bits per heavy atom. The first-order valence-corrected chi connectivity index (χ1v) is 9.49. The van der Waals surface area contributed by atoms with Crippen LogP contribution >= 0.6 is 39.9 Å². The molecule has 0 saturated carbocycles. The summed E-state index contributed by atoms with van der Waals surface area (Å²) in [6, 6.07) is 7.55. The maximum absolute atomic E-state index is 12.1. The molecule has 6 nitrogen and oxygen atoms in total. The Morgan fingerprint density at radius 1 is 1.38 bits per heavy atom. The molecule has 2 rings (SSSR count). The molecule has 0 bridgehead atoms. The molecule has 0 aromatic heterocycles. The molecule has 0 aliphatic carbocycles. The first-order valence-electron chi connectivity index (χ1n) is 8.70. The minimum Gasteiger partial charge on any atom is -0.384 e. The second-order valence-corrected chi connectivity index (χ2v) is 7.01. The number of anilines is 1. The predicted molar refractivity (Wildman–Crippen MR) is 120 cm³/mol. The van der Waals surface area contributed by atoms with E-state index in [1.54, 1.807) is 7.11 Å². The number of nitrogens with zero attached hydrogens (tertiary/aromatic N) is 2. The Kier molecular flexibility index (Phi) is 11.1. The van der Waals surface area contributed by atoms with Crippen molar-refractivity contribution in [1.82, 2.24) is 10.2 Å². The van der Waals surface area contributed by atoms with Crippen molar-refractivity contribution in [3.8, 4) is 0 Å². The predicted octanol–water partition coefficient (Wildman–Crippen LogP) is 3.33. The molecule has 0 radical (unpaired) electrons. The van der Waals surface area contributed by atoms with Gasteiger partial charge in [0.05, 0.1) is 13.2 Å². The number of methoxy groups -OCH3 is 1. The quantitative estimate of drug-likeness (QED) is 0.317. The van der Waals surface area contributed by atoms with Crippen LogP contribution in [0.3, 0.4) is 0 Å². The van der Waals surface area contributed by atoms with E-state index in [-0.39, 0.29) is 29.9 Å². The number of likely N-dealkylation sites (tertiary alicyclic amines) is 1. The number of amides is 1. The molecule has 1 aromatic carbocycles. The average Bonchev–Trinajstić information content (AvgIpc) is 3.05. The first kappa shape index (κ1) is 23.2. The standard InChI is InChI=1S/C18H27BrN4O2.HI/c1-3-20-18(23-11-9-14(12-23)13-25-2)21-10-8-17(24)22-16-6-4-15(19)5-7-16;/h4-7,14H,3,8-13H2,1-2H3,(H,20,21)(H,22,24);1H. The molecule has 1 atom stereocenters. The van der Waals surface area contributed by atoms with Crippen molar-refractivity contribution in [2.45, 2.75) is 19.8 Å². The molecule has 26 heavy (non-hydrogen) atoms. The van der Waals surface area contributed by atoms with E-state index in [0.717, 1.165) is 48.8 Å². The molecule has 0 spiro atoms. The van der Waals surface area contributed by atoms with Crippen LogP contribution in [0.4, 0.5) is 5.69 Å². The normalized spacial score (nSPS) is 17.0. The van der Waals surface area contributed by atoms with Crippen LogP contribution in [-0.2, 0) is 9.53 Å². The lowest BCUT2D eigenvalue weighted by Crippen LogP contribution is -2.40. The van der Waals surface area contributed by atoms with Gasteiger partial charge in [-0.25, -0.2) is 0 Å². The maximum Gasteiger partial charge on any atom is 0.226 e. The number of rotatable bonds is 7. The zero-order valence-electron chi connectivity index (χ0n) is 15.3. The average molecular weight is 539 g/mol. The van der Waals surface area contributed by atoms with Crippen LogP contribution in [0.2, 0.25) is 0 Å². The van der Waals surface area contributed by atoms with Gasteiger partial charge < -0.3 is 20.3 Å². The molecular weight excluding hydrogens is 511 g/mol. The van der Waals surface area contributed by atoms with Gasteiger partial charge in [0.25, 0.3) is 0 Å². The van der Waals surface area contributed by atoms with Gasteiger partial charge in [0.15, 0.2) is 5.96 Å². The summed E-state index contributed by atoms with van der Waals surface area (Å²) in [7, 11) is 1.74. The van der Waals surface area contributed by atoms with Crippen molar-refractivity contribution in [1.29, 1.82) is 0 Å². The molecule has 146 valence electrons. The third-order valence-corrected chi connectivity index (χ3v) is 4.58. The van der Waals surface area contributed by atoms with Crippen LogP contribution in [0.25, 0.3) is 0 Å². The Morgan fingerprint density at radius 3 is 2.77 bits per heavy atom. The minimum absolute atomic E-state index is 0. The van der Waals surface area contributed by atoms with Gasteiger partial charge in [0.2, 0.25) is 5.91 Å². The van der Waals surface area contributed by atoms with Gasteiger partial charge in [0, 0.05) is 49.2 Å². The summed E-state index contributed by atoms with van der Waals surface area (Å²) < 4.78 is 6.24. The smallest absolute Gasteiger partial charge is 0.226 e. The van der Waals surface area contributed by atoms with Crippen LogP contribution in [0, 0.1) is 5.92 Å². The maximum atomic E-state index is 12.1. The largest absolute Gasteiger partial charge is 0.384 e. The summed E-state index contributed by atoms with van der Waals surface area (Å²) in [5, 5.41) is 6.20. The number of carbonyl (C=O) groups excluding carboxylic acids is 1. The second-order valence-electron chi connectivity index (χ2n) is 6.10. The van der Waals surface area contributed by atoms with Gasteiger partial charge in [-0.15, -0.1) is 24.0 Å². The number of carbonyl (C=O) groups is 1. The molecule has 1 aromatic rings. The molecule has 1 fully saturated rings. The van der Waals surface area contributed by atoms with Crippen molar-refractivity contribution in [2.75, 3.05) is 45.2 Å². The van der Waals surface area contributed by atoms with E-state index < -0.39 is 0 Å². The Labute approximate surface area is 181 Å². The van der Waals surface area contributed by atoms with Crippen molar-refractivity contribution in [3.05, 3.63) is 28.7 Å². The minimum atomic E-state index is -0.0272. The van der Waals surface area contributed by atoms with E-state index in [1.807, 2.05) is 24.3 Å². The van der Waals surface area contributed by atoms with Crippen molar-refractivity contribution in [2.24, 2.45) is 10.9 Å². The Hall–Kier alpha value is -0.870. The third-order valence-electron chi connectivity index (χ3n) is 4.05. The molecule has 2 N–H and O–H groups in total. The van der Waals surface area contributed by atoms with E-state index in [4.69, 9.17) is 4.74 Å². The van der Waals surface area contributed by atoms with Crippen LogP contribution in [0.5, 0.6) is 0 Å². The van der Waals surface area contributed by atoms with Gasteiger partial charge in [-0.05, 0) is 37.6 Å². The first-order chi connectivity index (χ1) is 12.1. The number of guanidine groups is 1. The summed E-state index contributed by atoms with van der Waals surface area (Å²) in [5.41, 5.74) is 0.797. The fourth-order valence-electron chi connectivity index (χ4n) is 2.84. The summed E-state index contributed by atoms with van der Waals surface area (Å²) in [4.78, 5) is 18.9. The second kappa shape index (κ2) is 12.5. The van der Waals surface area contributed by atoms with Gasteiger partial charge in [-0.3, -0.25) is 9.79 Å². The third kappa shape index (κ3) is 7.79. The molecule has 1 aliphatic rings. The zero-order valence-corrected chi connectivity index (χ0v) is 19.2. The monoisotopic (exact) mass is 538 g/mol. The summed E-state index contributed by atoms with van der Waals surface area (Å²) in [6.45, 7) is 6.05. The fourth-order valence-corrected chi connectivity index (χ4v) is 3.11. The fraction of sp³-hybridized carbons (Fsp3) is 0.556. The lowest BCUT2D eigenvalue weighted by atomic mass is 10.1. The number of halogens is 2. The summed E-state index contributed by atoms with van der Waals surface area (Å²) in [6.07, 6.45) is 1.47. The highest BCUT2D eigenvalue weighted by Gasteiger charge is 2.24. The molecule has 8 heteroatoms. The number of benzene rings is 1. The molecular formula is C18H28BrIN4O2. The Bertz CT molecular complexity index is 583. The van der Waals surface area contributed by atoms with Crippen LogP contribution in [-0.4, -0.2) is 56.7 Å². The van der Waals surface area contributed by atoms with Crippen LogP contribution < -0.4 is 10.6 Å². The number of hydrogen-bond acceptors (Lipinski definition) is 3. The Balaban J connectivity index is 0.00000338. The van der Waals surface area contributed by atoms with Gasteiger partial charge in [-0.2, -0.15) is 0 Å². The summed E-state index contributed by atoms with van der Waals surface area (Å²) >= 11 is 3.38. The number of nitrogens with one attached hydrogen (secondary N) is 2. The number of ether oxygens (including phenoxy) is 1. The summed E-state index contributed by atoms with van der Waals surface area (Å²) in [5.74, 6) is 1.41. The highest BCUT2D eigenvalue weighted by atomic mass is 127. The number of aliphatic imine (C=N–C) groups is 1. The van der Waals surface area contributed by atoms with Gasteiger partial charge in [-0.1, -0.05) is 15.9 Å². The molecule has 1 unspecified atom stereocenters. The van der Waals surface area contributed by atoms with Crippen molar-refractivity contribution < 1.29 is 9.53 Å².